The molecular formula is C17H26IN3. The zero-order valence-electron chi connectivity index (χ0n) is 12.7. The van der Waals surface area contributed by atoms with Crippen molar-refractivity contribution in [2.45, 2.75) is 62.9 Å². The van der Waals surface area contributed by atoms with Gasteiger partial charge in [-0.25, -0.2) is 0 Å². The van der Waals surface area contributed by atoms with E-state index >= 15 is 0 Å². The Balaban J connectivity index is 0.00000161. The Morgan fingerprint density at radius 3 is 2.43 bits per heavy atom. The number of rotatable bonds is 3. The van der Waals surface area contributed by atoms with E-state index < -0.39 is 0 Å². The number of nitrogens with zero attached hydrogens (tertiary/aromatic N) is 1. The monoisotopic (exact) mass is 399 g/mol. The first-order chi connectivity index (χ1) is 9.66. The molecule has 3 rings (SSSR count). The fraction of sp³-hybridized carbons (Fsp3) is 0.588. The van der Waals surface area contributed by atoms with Crippen molar-refractivity contribution in [2.24, 2.45) is 10.7 Å². The van der Waals surface area contributed by atoms with Gasteiger partial charge in [-0.3, -0.25) is 4.99 Å². The Morgan fingerprint density at radius 1 is 1.19 bits per heavy atom. The second kappa shape index (κ2) is 6.99. The third kappa shape index (κ3) is 3.90. The molecule has 0 atom stereocenters. The van der Waals surface area contributed by atoms with Gasteiger partial charge in [-0.2, -0.15) is 0 Å². The van der Waals surface area contributed by atoms with E-state index in [1.54, 1.807) is 0 Å². The van der Waals surface area contributed by atoms with E-state index in [2.05, 4.69) is 47.6 Å². The van der Waals surface area contributed by atoms with Crippen molar-refractivity contribution in [2.75, 3.05) is 0 Å². The molecule has 0 radical (unpaired) electrons. The number of guanidine groups is 1. The van der Waals surface area contributed by atoms with Gasteiger partial charge in [-0.15, -0.1) is 24.0 Å². The van der Waals surface area contributed by atoms with Gasteiger partial charge in [0.25, 0.3) is 0 Å². The molecule has 0 bridgehead atoms. The molecule has 0 aromatic heterocycles. The lowest BCUT2D eigenvalue weighted by Crippen LogP contribution is -2.53. The summed E-state index contributed by atoms with van der Waals surface area (Å²) in [6, 6.07) is 11.7. The summed E-state index contributed by atoms with van der Waals surface area (Å²) in [6.07, 6.45) is 7.28. The molecule has 0 aliphatic heterocycles. The minimum atomic E-state index is 0. The molecule has 1 aromatic rings. The van der Waals surface area contributed by atoms with Crippen LogP contribution in [0.3, 0.4) is 0 Å². The van der Waals surface area contributed by atoms with Gasteiger partial charge in [0.1, 0.15) is 0 Å². The van der Waals surface area contributed by atoms with Crippen LogP contribution >= 0.6 is 24.0 Å². The van der Waals surface area contributed by atoms with Crippen LogP contribution in [-0.2, 0) is 5.41 Å². The third-order valence-electron chi connectivity index (χ3n) is 4.86. The predicted octanol–water partition coefficient (Wildman–Crippen LogP) is 3.57. The molecule has 0 amide bonds. The van der Waals surface area contributed by atoms with Gasteiger partial charge in [0.2, 0.25) is 0 Å². The lowest BCUT2D eigenvalue weighted by molar-refractivity contribution is 0.209. The molecule has 2 aliphatic rings. The molecule has 0 unspecified atom stereocenters. The second-order valence-corrected chi connectivity index (χ2v) is 6.63. The van der Waals surface area contributed by atoms with Crippen molar-refractivity contribution < 1.29 is 0 Å². The molecule has 2 aliphatic carbocycles. The summed E-state index contributed by atoms with van der Waals surface area (Å²) in [6.45, 7) is 2.34. The number of halogens is 1. The Morgan fingerprint density at radius 2 is 1.81 bits per heavy atom. The third-order valence-corrected chi connectivity index (χ3v) is 4.86. The largest absolute Gasteiger partial charge is 0.370 e. The maximum absolute atomic E-state index is 6.03. The van der Waals surface area contributed by atoms with Gasteiger partial charge >= 0.3 is 0 Å². The van der Waals surface area contributed by atoms with Gasteiger partial charge in [0, 0.05) is 6.04 Å². The van der Waals surface area contributed by atoms with Crippen LogP contribution in [0.15, 0.2) is 35.3 Å². The first-order valence-corrected chi connectivity index (χ1v) is 7.81. The van der Waals surface area contributed by atoms with Crippen LogP contribution in [0.1, 0.15) is 51.0 Å². The number of aliphatic imine (C=N–C) groups is 1. The average Bonchev–Trinajstić information content (AvgIpc) is 2.90. The first kappa shape index (κ1) is 16.6. The number of hydrogen-bond donors (Lipinski definition) is 2. The van der Waals surface area contributed by atoms with Gasteiger partial charge in [-0.1, -0.05) is 50.1 Å². The van der Waals surface area contributed by atoms with Crippen molar-refractivity contribution in [1.29, 1.82) is 0 Å². The summed E-state index contributed by atoms with van der Waals surface area (Å²) in [5, 5.41) is 3.40. The van der Waals surface area contributed by atoms with Crippen molar-refractivity contribution in [1.82, 2.24) is 5.32 Å². The van der Waals surface area contributed by atoms with Crippen LogP contribution in [0.4, 0.5) is 0 Å². The van der Waals surface area contributed by atoms with E-state index in [0.717, 1.165) is 12.8 Å². The average molecular weight is 399 g/mol. The molecule has 2 saturated carbocycles. The molecular weight excluding hydrogens is 373 g/mol. The van der Waals surface area contributed by atoms with E-state index in [9.17, 15) is 0 Å². The highest BCUT2D eigenvalue weighted by atomic mass is 127. The van der Waals surface area contributed by atoms with Crippen LogP contribution in [0.2, 0.25) is 0 Å². The van der Waals surface area contributed by atoms with E-state index in [1.807, 2.05) is 0 Å². The van der Waals surface area contributed by atoms with Crippen LogP contribution in [0.5, 0.6) is 0 Å². The summed E-state index contributed by atoms with van der Waals surface area (Å²) >= 11 is 0. The van der Waals surface area contributed by atoms with Gasteiger partial charge in [0.15, 0.2) is 5.96 Å². The first-order valence-electron chi connectivity index (χ1n) is 7.81. The Kier molecular flexibility index (Phi) is 5.52. The lowest BCUT2D eigenvalue weighted by Gasteiger charge is -2.46. The van der Waals surface area contributed by atoms with Crippen LogP contribution in [0, 0.1) is 0 Å². The summed E-state index contributed by atoms with van der Waals surface area (Å²) < 4.78 is 0. The van der Waals surface area contributed by atoms with Gasteiger partial charge < -0.3 is 11.1 Å². The molecule has 21 heavy (non-hydrogen) atoms. The van der Waals surface area contributed by atoms with Crippen LogP contribution in [0.25, 0.3) is 0 Å². The van der Waals surface area contributed by atoms with Crippen molar-refractivity contribution in [3.05, 3.63) is 35.9 Å². The highest BCUT2D eigenvalue weighted by Gasteiger charge is 2.41. The van der Waals surface area contributed by atoms with Crippen molar-refractivity contribution in [3.8, 4) is 0 Å². The zero-order valence-corrected chi connectivity index (χ0v) is 15.0. The van der Waals surface area contributed by atoms with E-state index in [-0.39, 0.29) is 24.0 Å². The molecule has 4 heteroatoms. The lowest BCUT2D eigenvalue weighted by atomic mass is 9.63. The van der Waals surface area contributed by atoms with E-state index in [0.29, 0.717) is 23.5 Å². The number of nitrogens with one attached hydrogen (secondary N) is 1. The number of hydrogen-bond acceptors (Lipinski definition) is 1. The quantitative estimate of drug-likeness (QED) is 0.464. The fourth-order valence-corrected chi connectivity index (χ4v) is 3.68. The maximum atomic E-state index is 6.03. The van der Waals surface area contributed by atoms with Crippen LogP contribution < -0.4 is 11.1 Å². The topological polar surface area (TPSA) is 50.4 Å². The zero-order chi connectivity index (χ0) is 14.0. The molecule has 116 valence electrons. The minimum absolute atomic E-state index is 0. The molecule has 0 heterocycles. The number of nitrogens with two attached hydrogens (primary N) is 1. The minimum Gasteiger partial charge on any atom is -0.370 e. The Hall–Kier alpha value is -0.780. The van der Waals surface area contributed by atoms with E-state index in [1.165, 1.54) is 31.2 Å². The summed E-state index contributed by atoms with van der Waals surface area (Å²) in [5.41, 5.74) is 7.76. The van der Waals surface area contributed by atoms with Crippen molar-refractivity contribution in [3.63, 3.8) is 0 Å². The molecule has 0 spiro atoms. The highest BCUT2D eigenvalue weighted by Crippen LogP contribution is 2.43. The standard InChI is InChI=1S/C17H25N3.HI/c1-17(13-7-3-2-4-8-13)11-15(12-17)20-16(18)19-14-9-5-6-10-14;/h2-4,7-8,14-15H,5-6,9-12H2,1H3,(H3,18,19,20);1H. The Labute approximate surface area is 144 Å². The van der Waals surface area contributed by atoms with Crippen molar-refractivity contribution >= 4 is 29.9 Å². The second-order valence-electron chi connectivity index (χ2n) is 6.63. The van der Waals surface area contributed by atoms with Crippen LogP contribution in [-0.4, -0.2) is 18.0 Å². The molecule has 1 aromatic carbocycles. The summed E-state index contributed by atoms with van der Waals surface area (Å²) in [7, 11) is 0. The molecule has 3 nitrogen and oxygen atoms in total. The summed E-state index contributed by atoms with van der Waals surface area (Å²) in [4.78, 5) is 4.60. The summed E-state index contributed by atoms with van der Waals surface area (Å²) in [5.74, 6) is 0.650. The smallest absolute Gasteiger partial charge is 0.189 e. The molecule has 0 saturated heterocycles. The molecule has 3 N–H and O–H groups in total. The SMILES string of the molecule is CC1(c2ccccc2)CC(NC(N)=NC2CCCC2)C1.I. The maximum Gasteiger partial charge on any atom is 0.189 e. The number of benzene rings is 1. The van der Waals surface area contributed by atoms with Gasteiger partial charge in [-0.05, 0) is 36.7 Å². The highest BCUT2D eigenvalue weighted by molar-refractivity contribution is 14.0. The van der Waals surface area contributed by atoms with Gasteiger partial charge in [0.05, 0.1) is 6.04 Å². The van der Waals surface area contributed by atoms with E-state index in [4.69, 9.17) is 5.73 Å². The normalized spacial score (nSPS) is 29.6. The predicted molar refractivity (Wildman–Crippen MR) is 99.2 cm³/mol. The molecule has 2 fully saturated rings. The fourth-order valence-electron chi connectivity index (χ4n) is 3.68. The Bertz CT molecular complexity index is 474.